The Labute approximate surface area is 115 Å². The highest BCUT2D eigenvalue weighted by Crippen LogP contribution is 2.20. The van der Waals surface area contributed by atoms with E-state index in [1.165, 1.54) is 12.1 Å². The van der Waals surface area contributed by atoms with E-state index in [9.17, 15) is 22.0 Å². The highest BCUT2D eigenvalue weighted by Gasteiger charge is 2.26. The van der Waals surface area contributed by atoms with E-state index in [1.807, 2.05) is 0 Å². The molecule has 1 aromatic carbocycles. The molecular formula is C12H14F2N2O3S. The summed E-state index contributed by atoms with van der Waals surface area (Å²) in [6, 6.07) is 5.15. The minimum absolute atomic E-state index is 0.00942. The van der Waals surface area contributed by atoms with Crippen molar-refractivity contribution in [2.45, 2.75) is 29.5 Å². The van der Waals surface area contributed by atoms with Gasteiger partial charge >= 0.3 is 5.76 Å². The lowest BCUT2D eigenvalue weighted by atomic mass is 10.2. The van der Waals surface area contributed by atoms with Crippen LogP contribution in [0, 0.1) is 0 Å². The monoisotopic (exact) mass is 304 g/mol. The molecule has 8 heteroatoms. The lowest BCUT2D eigenvalue weighted by Gasteiger charge is -2.12. The van der Waals surface area contributed by atoms with Gasteiger partial charge < -0.3 is 10.6 Å². The molecule has 20 heavy (non-hydrogen) atoms. The summed E-state index contributed by atoms with van der Waals surface area (Å²) in [5, 5.41) is 5.80. The number of rotatable bonds is 5. The number of anilines is 1. The molecule has 1 aromatic rings. The molecule has 0 bridgehead atoms. The molecule has 0 saturated carbocycles. The normalized spacial score (nSPS) is 19.1. The van der Waals surface area contributed by atoms with Gasteiger partial charge in [-0.3, -0.25) is 4.79 Å². The van der Waals surface area contributed by atoms with Crippen molar-refractivity contribution in [1.82, 2.24) is 5.32 Å². The number of nitrogens with one attached hydrogen (secondary N) is 2. The van der Waals surface area contributed by atoms with Crippen LogP contribution >= 0.6 is 0 Å². The minimum Gasteiger partial charge on any atom is -0.383 e. The van der Waals surface area contributed by atoms with Crippen molar-refractivity contribution >= 4 is 21.4 Å². The summed E-state index contributed by atoms with van der Waals surface area (Å²) in [6.07, 6.45) is 1.24. The van der Waals surface area contributed by atoms with Crippen molar-refractivity contribution < 1.29 is 22.0 Å². The van der Waals surface area contributed by atoms with Crippen molar-refractivity contribution in [1.29, 1.82) is 0 Å². The second kappa shape index (κ2) is 5.74. The topological polar surface area (TPSA) is 75.3 Å². The maximum absolute atomic E-state index is 12.3. The molecule has 2 N–H and O–H groups in total. The van der Waals surface area contributed by atoms with E-state index in [4.69, 9.17) is 0 Å². The van der Waals surface area contributed by atoms with Crippen LogP contribution in [0.3, 0.4) is 0 Å². The number of sulfone groups is 1. The van der Waals surface area contributed by atoms with Crippen molar-refractivity contribution in [3.8, 4) is 0 Å². The molecule has 1 saturated heterocycles. The van der Waals surface area contributed by atoms with Crippen LogP contribution < -0.4 is 10.6 Å². The van der Waals surface area contributed by atoms with Crippen LogP contribution in [0.2, 0.25) is 0 Å². The van der Waals surface area contributed by atoms with Crippen LogP contribution in [0.25, 0.3) is 0 Å². The molecule has 0 aromatic heterocycles. The summed E-state index contributed by atoms with van der Waals surface area (Å²) in [5.41, 5.74) is 0.611. The first-order chi connectivity index (χ1) is 9.39. The van der Waals surface area contributed by atoms with Crippen LogP contribution in [0.1, 0.15) is 12.8 Å². The second-order valence-electron chi connectivity index (χ2n) is 4.51. The van der Waals surface area contributed by atoms with Gasteiger partial charge in [-0.1, -0.05) is 0 Å². The average Bonchev–Trinajstić information content (AvgIpc) is 2.82. The molecule has 1 fully saturated rings. The lowest BCUT2D eigenvalue weighted by Crippen LogP contribution is -2.31. The van der Waals surface area contributed by atoms with Crippen LogP contribution in [-0.2, 0) is 14.6 Å². The van der Waals surface area contributed by atoms with E-state index in [1.54, 1.807) is 0 Å². The van der Waals surface area contributed by atoms with Crippen LogP contribution in [-0.4, -0.2) is 32.7 Å². The number of hydrogen-bond acceptors (Lipinski definition) is 4. The van der Waals surface area contributed by atoms with E-state index < -0.39 is 20.5 Å². The Morgan fingerprint density at radius 2 is 1.95 bits per heavy atom. The smallest absolute Gasteiger partial charge is 0.341 e. The Bertz CT molecular complexity index is 587. The zero-order valence-electron chi connectivity index (χ0n) is 10.5. The zero-order chi connectivity index (χ0) is 14.8. The van der Waals surface area contributed by atoms with Crippen molar-refractivity contribution in [2.24, 2.45) is 0 Å². The molecule has 1 heterocycles. The molecule has 0 aliphatic carbocycles. The van der Waals surface area contributed by atoms with E-state index in [0.717, 1.165) is 18.6 Å². The predicted molar refractivity (Wildman–Crippen MR) is 69.3 cm³/mol. The molecule has 1 amide bonds. The Hall–Kier alpha value is -1.70. The first-order valence-corrected chi connectivity index (χ1v) is 7.59. The molecule has 1 atom stereocenters. The van der Waals surface area contributed by atoms with Gasteiger partial charge in [0.2, 0.25) is 15.7 Å². The number of amides is 1. The van der Waals surface area contributed by atoms with Crippen LogP contribution in [0.4, 0.5) is 14.5 Å². The number of hydrogen-bond donors (Lipinski definition) is 2. The first-order valence-electron chi connectivity index (χ1n) is 6.05. The maximum Gasteiger partial charge on any atom is 0.341 e. The van der Waals surface area contributed by atoms with E-state index in [2.05, 4.69) is 10.6 Å². The maximum atomic E-state index is 12.3. The highest BCUT2D eigenvalue weighted by atomic mass is 32.2. The third-order valence-corrected chi connectivity index (χ3v) is 4.45. The van der Waals surface area contributed by atoms with Crippen molar-refractivity contribution in [2.75, 3.05) is 11.9 Å². The van der Waals surface area contributed by atoms with Gasteiger partial charge in [0, 0.05) is 24.7 Å². The summed E-state index contributed by atoms with van der Waals surface area (Å²) < 4.78 is 47.1. The van der Waals surface area contributed by atoms with Crippen LogP contribution in [0.5, 0.6) is 0 Å². The van der Waals surface area contributed by atoms with E-state index in [0.29, 0.717) is 18.7 Å². The van der Waals surface area contributed by atoms with Crippen molar-refractivity contribution in [3.63, 3.8) is 0 Å². The van der Waals surface area contributed by atoms with Gasteiger partial charge in [0.1, 0.15) is 0 Å². The Balaban J connectivity index is 1.97. The molecule has 0 spiro atoms. The fourth-order valence-corrected chi connectivity index (χ4v) is 2.66. The minimum atomic E-state index is -4.55. The van der Waals surface area contributed by atoms with Crippen molar-refractivity contribution in [3.05, 3.63) is 24.3 Å². The highest BCUT2D eigenvalue weighted by molar-refractivity contribution is 7.91. The number of benzene rings is 1. The van der Waals surface area contributed by atoms with Gasteiger partial charge in [0.25, 0.3) is 0 Å². The summed E-state index contributed by atoms with van der Waals surface area (Å²) in [7, 11) is -4.55. The molecule has 1 aliphatic heterocycles. The molecule has 2 rings (SSSR count). The number of halogens is 2. The Morgan fingerprint density at radius 1 is 1.30 bits per heavy atom. The quantitative estimate of drug-likeness (QED) is 0.861. The molecule has 5 nitrogen and oxygen atoms in total. The predicted octanol–water partition coefficient (Wildman–Crippen LogP) is 1.37. The summed E-state index contributed by atoms with van der Waals surface area (Å²) in [4.78, 5) is 10.6. The number of alkyl halides is 2. The molecule has 110 valence electrons. The molecule has 1 aliphatic rings. The summed E-state index contributed by atoms with van der Waals surface area (Å²) >= 11 is 0. The van der Waals surface area contributed by atoms with Gasteiger partial charge in [-0.15, -0.1) is 0 Å². The third-order valence-electron chi connectivity index (χ3n) is 3.05. The number of carbonyl (C=O) groups is 1. The zero-order valence-corrected chi connectivity index (χ0v) is 11.3. The standard InChI is InChI=1S/C12H14F2N2O3S/c13-12(14)20(18,19)10-4-1-8(2-5-10)15-7-9-3-6-11(17)16-9/h1-2,4-5,9,12,15H,3,6-7H2,(H,16,17). The first kappa shape index (κ1) is 14.7. The fraction of sp³-hybridized carbons (Fsp3) is 0.417. The van der Waals surface area contributed by atoms with E-state index >= 15 is 0 Å². The Kier molecular flexibility index (Phi) is 4.22. The SMILES string of the molecule is O=C1CCC(CNc2ccc(S(=O)(=O)C(F)F)cc2)N1. The average molecular weight is 304 g/mol. The Morgan fingerprint density at radius 3 is 2.45 bits per heavy atom. The van der Waals surface area contributed by atoms with Gasteiger partial charge in [0.15, 0.2) is 0 Å². The van der Waals surface area contributed by atoms with E-state index in [-0.39, 0.29) is 11.9 Å². The second-order valence-corrected chi connectivity index (χ2v) is 6.43. The molecular weight excluding hydrogens is 290 g/mol. The van der Waals surface area contributed by atoms with Gasteiger partial charge in [0.05, 0.1) is 4.90 Å². The van der Waals surface area contributed by atoms with Gasteiger partial charge in [-0.25, -0.2) is 8.42 Å². The van der Waals surface area contributed by atoms with Gasteiger partial charge in [-0.05, 0) is 30.7 Å². The lowest BCUT2D eigenvalue weighted by molar-refractivity contribution is -0.119. The molecule has 1 unspecified atom stereocenters. The summed E-state index contributed by atoms with van der Waals surface area (Å²) in [5.74, 6) is -3.41. The van der Waals surface area contributed by atoms with Crippen LogP contribution in [0.15, 0.2) is 29.2 Å². The van der Waals surface area contributed by atoms with Gasteiger partial charge in [-0.2, -0.15) is 8.78 Å². The molecule has 0 radical (unpaired) electrons. The summed E-state index contributed by atoms with van der Waals surface area (Å²) in [6.45, 7) is 0.507. The largest absolute Gasteiger partial charge is 0.383 e. The third kappa shape index (κ3) is 3.24. The fourth-order valence-electron chi connectivity index (χ4n) is 1.94. The number of carbonyl (C=O) groups excluding carboxylic acids is 1.